The smallest absolute Gasteiger partial charge is 0.263 e. The molecule has 2 aliphatic rings. The first kappa shape index (κ1) is 16.8. The zero-order chi connectivity index (χ0) is 19.0. The lowest BCUT2D eigenvalue weighted by atomic mass is 10.1. The molecule has 3 amide bonds. The molecule has 0 saturated carbocycles. The minimum Gasteiger partial charge on any atom is -0.324 e. The number of carbonyl (C=O) groups is 3. The molecule has 136 valence electrons. The molecule has 1 fully saturated rings. The number of nitrogens with zero attached hydrogens (tertiary/aromatic N) is 4. The number of nitrogens with one attached hydrogen (secondary N) is 1. The van der Waals surface area contributed by atoms with E-state index < -0.39 is 35.6 Å². The van der Waals surface area contributed by atoms with Crippen molar-refractivity contribution in [2.45, 2.75) is 12.1 Å². The van der Waals surface area contributed by atoms with Gasteiger partial charge < -0.3 is 5.32 Å². The van der Waals surface area contributed by atoms with Crippen LogP contribution in [0.5, 0.6) is 0 Å². The van der Waals surface area contributed by atoms with Crippen LogP contribution in [0.2, 0.25) is 0 Å². The Labute approximate surface area is 153 Å². The fourth-order valence-electron chi connectivity index (χ4n) is 3.10. The van der Waals surface area contributed by atoms with Gasteiger partial charge in [-0.1, -0.05) is 29.5 Å². The predicted octanol–water partition coefficient (Wildman–Crippen LogP) is 1.76. The molecule has 1 N–H and O–H groups in total. The van der Waals surface area contributed by atoms with E-state index >= 15 is 0 Å². The van der Waals surface area contributed by atoms with Crippen LogP contribution in [0.25, 0.3) is 0 Å². The number of imide groups is 1. The number of carbonyl (C=O) groups excluding carboxylic acids is 3. The molecule has 0 aliphatic carbocycles. The zero-order valence-electron chi connectivity index (χ0n) is 13.9. The second kappa shape index (κ2) is 6.60. The first-order chi connectivity index (χ1) is 13.0. The van der Waals surface area contributed by atoms with Crippen LogP contribution in [0, 0.1) is 5.82 Å². The summed E-state index contributed by atoms with van der Waals surface area (Å²) in [6, 6.07) is 12.0. The quantitative estimate of drug-likeness (QED) is 0.833. The van der Waals surface area contributed by atoms with E-state index in [1.807, 2.05) is 0 Å². The Balaban J connectivity index is 1.48. The van der Waals surface area contributed by atoms with Crippen LogP contribution in [0.4, 0.5) is 15.8 Å². The summed E-state index contributed by atoms with van der Waals surface area (Å²) in [7, 11) is 0. The van der Waals surface area contributed by atoms with Crippen LogP contribution in [0.3, 0.4) is 0 Å². The number of halogens is 1. The summed E-state index contributed by atoms with van der Waals surface area (Å²) < 4.78 is 13.2. The van der Waals surface area contributed by atoms with Crippen LogP contribution in [-0.4, -0.2) is 41.4 Å². The summed E-state index contributed by atoms with van der Waals surface area (Å²) in [5.41, 5.74) is 0.730. The molecule has 2 heterocycles. The molecule has 8 nitrogen and oxygen atoms in total. The Morgan fingerprint density at radius 2 is 1.85 bits per heavy atom. The van der Waals surface area contributed by atoms with Crippen LogP contribution >= 0.6 is 0 Å². The summed E-state index contributed by atoms with van der Waals surface area (Å²) in [4.78, 5) is 38.6. The first-order valence-corrected chi connectivity index (χ1v) is 8.20. The van der Waals surface area contributed by atoms with E-state index in [0.717, 1.165) is 4.90 Å². The lowest BCUT2D eigenvalue weighted by Crippen LogP contribution is -2.43. The van der Waals surface area contributed by atoms with E-state index in [4.69, 9.17) is 0 Å². The van der Waals surface area contributed by atoms with Crippen molar-refractivity contribution in [1.82, 2.24) is 5.01 Å². The minimum absolute atomic E-state index is 0.285. The highest BCUT2D eigenvalue weighted by molar-refractivity contribution is 6.25. The van der Waals surface area contributed by atoms with Crippen molar-refractivity contribution < 1.29 is 18.8 Å². The molecule has 2 aromatic carbocycles. The lowest BCUT2D eigenvalue weighted by Gasteiger charge is -2.20. The van der Waals surface area contributed by atoms with Gasteiger partial charge in [0.05, 0.1) is 5.69 Å². The fraction of sp³-hybridized carbons (Fsp3) is 0.167. The SMILES string of the molecule is O=C(CN1N=N[C@H]2C(=O)N(c3ccccc3)C(=O)[C@H]21)Nc1cccc(F)c1. The summed E-state index contributed by atoms with van der Waals surface area (Å²) in [5.74, 6) is -1.95. The Hall–Kier alpha value is -3.62. The Bertz CT molecular complexity index is 949. The molecule has 27 heavy (non-hydrogen) atoms. The molecule has 4 rings (SSSR count). The highest BCUT2D eigenvalue weighted by Crippen LogP contribution is 2.31. The molecule has 9 heteroatoms. The van der Waals surface area contributed by atoms with Crippen molar-refractivity contribution in [2.24, 2.45) is 10.3 Å². The van der Waals surface area contributed by atoms with Crippen molar-refractivity contribution in [2.75, 3.05) is 16.8 Å². The van der Waals surface area contributed by atoms with Crippen LogP contribution in [0.15, 0.2) is 64.9 Å². The molecule has 1 saturated heterocycles. The van der Waals surface area contributed by atoms with Gasteiger partial charge in [0.1, 0.15) is 12.4 Å². The highest BCUT2D eigenvalue weighted by Gasteiger charge is 2.55. The second-order valence-electron chi connectivity index (χ2n) is 6.10. The van der Waals surface area contributed by atoms with Gasteiger partial charge in [0.15, 0.2) is 12.1 Å². The monoisotopic (exact) mass is 367 g/mol. The average molecular weight is 367 g/mol. The number of anilines is 2. The van der Waals surface area contributed by atoms with Gasteiger partial charge >= 0.3 is 0 Å². The molecule has 0 aromatic heterocycles. The Kier molecular flexibility index (Phi) is 4.11. The van der Waals surface area contributed by atoms with Gasteiger partial charge in [0.25, 0.3) is 11.8 Å². The fourth-order valence-corrected chi connectivity index (χ4v) is 3.10. The highest BCUT2D eigenvalue weighted by atomic mass is 19.1. The predicted molar refractivity (Wildman–Crippen MR) is 93.1 cm³/mol. The number of hydrogen-bond acceptors (Lipinski definition) is 6. The van der Waals surface area contributed by atoms with Gasteiger partial charge in [-0.25, -0.2) is 9.29 Å². The normalized spacial score (nSPS) is 20.9. The molecule has 0 bridgehead atoms. The molecule has 0 spiro atoms. The topological polar surface area (TPSA) is 94.4 Å². The maximum Gasteiger partial charge on any atom is 0.263 e. The van der Waals surface area contributed by atoms with Crippen LogP contribution in [-0.2, 0) is 14.4 Å². The molecule has 0 unspecified atom stereocenters. The van der Waals surface area contributed by atoms with Crippen LogP contribution in [0.1, 0.15) is 0 Å². The summed E-state index contributed by atoms with van der Waals surface area (Å²) in [5, 5.41) is 11.4. The van der Waals surface area contributed by atoms with Gasteiger partial charge in [-0.15, -0.1) is 0 Å². The largest absolute Gasteiger partial charge is 0.324 e. The van der Waals surface area contributed by atoms with E-state index in [1.54, 1.807) is 30.3 Å². The second-order valence-corrected chi connectivity index (χ2v) is 6.10. The summed E-state index contributed by atoms with van der Waals surface area (Å²) >= 11 is 0. The van der Waals surface area contributed by atoms with Gasteiger partial charge in [-0.05, 0) is 30.3 Å². The lowest BCUT2D eigenvalue weighted by molar-refractivity contribution is -0.123. The third-order valence-electron chi connectivity index (χ3n) is 4.29. The van der Waals surface area contributed by atoms with E-state index in [-0.39, 0.29) is 12.2 Å². The number of fused-ring (bicyclic) bond motifs is 1. The van der Waals surface area contributed by atoms with Gasteiger partial charge in [0, 0.05) is 5.69 Å². The molecule has 2 aromatic rings. The number of amides is 3. The summed E-state index contributed by atoms with van der Waals surface area (Å²) in [6.45, 7) is -0.289. The van der Waals surface area contributed by atoms with Crippen molar-refractivity contribution in [1.29, 1.82) is 0 Å². The van der Waals surface area contributed by atoms with Gasteiger partial charge in [-0.3, -0.25) is 19.4 Å². The van der Waals surface area contributed by atoms with Crippen molar-refractivity contribution in [3.05, 3.63) is 60.4 Å². The average Bonchev–Trinajstić information content (AvgIpc) is 3.16. The van der Waals surface area contributed by atoms with E-state index in [0.29, 0.717) is 5.69 Å². The van der Waals surface area contributed by atoms with Crippen molar-refractivity contribution in [3.63, 3.8) is 0 Å². The van der Waals surface area contributed by atoms with Crippen molar-refractivity contribution >= 4 is 29.1 Å². The van der Waals surface area contributed by atoms with Crippen molar-refractivity contribution in [3.8, 4) is 0 Å². The number of hydrogen-bond donors (Lipinski definition) is 1. The molecule has 2 aliphatic heterocycles. The maximum absolute atomic E-state index is 13.2. The molecule has 0 radical (unpaired) electrons. The number of benzene rings is 2. The Morgan fingerprint density at radius 1 is 1.07 bits per heavy atom. The maximum atomic E-state index is 13.2. The van der Waals surface area contributed by atoms with Gasteiger partial charge in [0.2, 0.25) is 5.91 Å². The molecular weight excluding hydrogens is 353 g/mol. The number of rotatable bonds is 4. The van der Waals surface area contributed by atoms with Crippen LogP contribution < -0.4 is 10.2 Å². The third kappa shape index (κ3) is 3.03. The molecule has 2 atom stereocenters. The zero-order valence-corrected chi connectivity index (χ0v) is 13.9. The molecular formula is C18H14FN5O3. The minimum atomic E-state index is -0.973. The van der Waals surface area contributed by atoms with E-state index in [9.17, 15) is 18.8 Å². The van der Waals surface area contributed by atoms with Gasteiger partial charge in [-0.2, -0.15) is 5.11 Å². The third-order valence-corrected chi connectivity index (χ3v) is 4.29. The Morgan fingerprint density at radius 3 is 2.59 bits per heavy atom. The number of para-hydroxylation sites is 1. The van der Waals surface area contributed by atoms with E-state index in [2.05, 4.69) is 15.7 Å². The standard InChI is InChI=1S/C18H14FN5O3/c19-11-5-4-6-12(9-11)20-14(25)10-23-16-15(21-22-23)17(26)24(18(16)27)13-7-2-1-3-8-13/h1-9,15-16H,10H2,(H,20,25)/t15-,16+/m1/s1. The summed E-state index contributed by atoms with van der Waals surface area (Å²) in [6.07, 6.45) is 0. The van der Waals surface area contributed by atoms with E-state index in [1.165, 1.54) is 29.3 Å². The first-order valence-electron chi connectivity index (χ1n) is 8.20.